The highest BCUT2D eigenvalue weighted by Crippen LogP contribution is 2.27. The summed E-state index contributed by atoms with van der Waals surface area (Å²) < 4.78 is 1.50. The number of hydrogen-bond donors (Lipinski definition) is 2. The molecule has 0 atom stereocenters. The zero-order valence-electron chi connectivity index (χ0n) is 15.9. The van der Waals surface area contributed by atoms with Crippen molar-refractivity contribution in [3.8, 4) is 11.8 Å². The Bertz CT molecular complexity index is 1080. The number of aromatic hydroxyl groups is 1. The van der Waals surface area contributed by atoms with Crippen LogP contribution >= 0.6 is 0 Å². The molecule has 0 bridgehead atoms. The van der Waals surface area contributed by atoms with Gasteiger partial charge in [0.25, 0.3) is 0 Å². The van der Waals surface area contributed by atoms with E-state index in [9.17, 15) is 5.11 Å². The standard InChI is InChI=1S/C22H24N4O/c1-14(2)11-17-9-10-19-20(13-17)24-22(23-19)26-21(27)18(15(3)25-26)12-16-7-5-4-6-8-16/h4-10,13-14,27H,11-12H2,1-3H3,(H,23,24). The van der Waals surface area contributed by atoms with Crippen LogP contribution < -0.4 is 0 Å². The van der Waals surface area contributed by atoms with Crippen molar-refractivity contribution in [3.63, 3.8) is 0 Å². The number of rotatable bonds is 5. The van der Waals surface area contributed by atoms with Gasteiger partial charge in [-0.2, -0.15) is 9.78 Å². The summed E-state index contributed by atoms with van der Waals surface area (Å²) in [6.45, 7) is 6.33. The smallest absolute Gasteiger partial charge is 0.232 e. The van der Waals surface area contributed by atoms with Gasteiger partial charge in [-0.05, 0) is 42.5 Å². The van der Waals surface area contributed by atoms with Crippen LogP contribution in [0.2, 0.25) is 0 Å². The van der Waals surface area contributed by atoms with Gasteiger partial charge in [0, 0.05) is 12.0 Å². The Morgan fingerprint density at radius 1 is 1.07 bits per heavy atom. The summed E-state index contributed by atoms with van der Waals surface area (Å²) in [5.74, 6) is 1.27. The van der Waals surface area contributed by atoms with Crippen molar-refractivity contribution >= 4 is 11.0 Å². The predicted molar refractivity (Wildman–Crippen MR) is 107 cm³/mol. The number of aryl methyl sites for hydroxylation is 1. The van der Waals surface area contributed by atoms with E-state index in [0.29, 0.717) is 18.3 Å². The van der Waals surface area contributed by atoms with Crippen LogP contribution in [-0.2, 0) is 12.8 Å². The van der Waals surface area contributed by atoms with E-state index in [0.717, 1.165) is 34.3 Å². The van der Waals surface area contributed by atoms with Crippen molar-refractivity contribution in [3.05, 3.63) is 70.9 Å². The van der Waals surface area contributed by atoms with Gasteiger partial charge >= 0.3 is 0 Å². The molecule has 0 saturated heterocycles. The molecule has 4 rings (SSSR count). The molecule has 0 amide bonds. The molecule has 27 heavy (non-hydrogen) atoms. The zero-order valence-corrected chi connectivity index (χ0v) is 15.9. The fourth-order valence-corrected chi connectivity index (χ4v) is 3.44. The van der Waals surface area contributed by atoms with Gasteiger partial charge in [0.2, 0.25) is 11.8 Å². The molecule has 2 N–H and O–H groups in total. The molecule has 0 aliphatic carbocycles. The van der Waals surface area contributed by atoms with Crippen LogP contribution in [0.1, 0.15) is 36.2 Å². The number of aromatic amines is 1. The molecule has 2 aromatic carbocycles. The Morgan fingerprint density at radius 2 is 1.85 bits per heavy atom. The fraction of sp³-hybridized carbons (Fsp3) is 0.273. The third-order valence-electron chi connectivity index (χ3n) is 4.76. The number of aromatic nitrogens is 4. The second kappa shape index (κ2) is 6.91. The van der Waals surface area contributed by atoms with Gasteiger partial charge in [-0.25, -0.2) is 4.98 Å². The predicted octanol–water partition coefficient (Wildman–Crippen LogP) is 4.55. The Morgan fingerprint density at radius 3 is 2.59 bits per heavy atom. The summed E-state index contributed by atoms with van der Waals surface area (Å²) in [5, 5.41) is 15.3. The van der Waals surface area contributed by atoms with Crippen molar-refractivity contribution in [2.45, 2.75) is 33.6 Å². The van der Waals surface area contributed by atoms with E-state index in [2.05, 4.69) is 41.0 Å². The topological polar surface area (TPSA) is 66.7 Å². The molecular weight excluding hydrogens is 336 g/mol. The van der Waals surface area contributed by atoms with E-state index in [1.807, 2.05) is 43.3 Å². The summed E-state index contributed by atoms with van der Waals surface area (Å²) in [6, 6.07) is 16.4. The van der Waals surface area contributed by atoms with Crippen LogP contribution in [0.5, 0.6) is 5.88 Å². The quantitative estimate of drug-likeness (QED) is 0.548. The summed E-state index contributed by atoms with van der Waals surface area (Å²) in [6.07, 6.45) is 1.66. The highest BCUT2D eigenvalue weighted by atomic mass is 16.3. The third kappa shape index (κ3) is 3.45. The van der Waals surface area contributed by atoms with Gasteiger partial charge in [0.1, 0.15) is 0 Å². The lowest BCUT2D eigenvalue weighted by Gasteiger charge is -2.03. The van der Waals surface area contributed by atoms with Crippen LogP contribution in [0.4, 0.5) is 0 Å². The average molecular weight is 360 g/mol. The van der Waals surface area contributed by atoms with Crippen molar-refractivity contribution < 1.29 is 5.11 Å². The molecule has 0 fully saturated rings. The van der Waals surface area contributed by atoms with Crippen LogP contribution in [0, 0.1) is 12.8 Å². The molecule has 0 radical (unpaired) electrons. The van der Waals surface area contributed by atoms with Gasteiger partial charge < -0.3 is 10.1 Å². The SMILES string of the molecule is Cc1nn(-c2nc3cc(CC(C)C)ccc3[nH]2)c(O)c1Cc1ccccc1. The minimum absolute atomic E-state index is 0.137. The number of H-pyrrole nitrogens is 1. The maximum atomic E-state index is 10.8. The van der Waals surface area contributed by atoms with Crippen molar-refractivity contribution in [1.82, 2.24) is 19.7 Å². The molecular formula is C22H24N4O. The summed E-state index contributed by atoms with van der Waals surface area (Å²) in [5.41, 5.74) is 5.86. The third-order valence-corrected chi connectivity index (χ3v) is 4.76. The van der Waals surface area contributed by atoms with Crippen LogP contribution in [0.3, 0.4) is 0 Å². The highest BCUT2D eigenvalue weighted by molar-refractivity contribution is 5.77. The number of nitrogens with zero attached hydrogens (tertiary/aromatic N) is 3. The Balaban J connectivity index is 1.70. The lowest BCUT2D eigenvalue weighted by molar-refractivity contribution is 0.426. The number of benzene rings is 2. The largest absolute Gasteiger partial charge is 0.493 e. The zero-order chi connectivity index (χ0) is 19.0. The second-order valence-electron chi connectivity index (χ2n) is 7.47. The molecule has 0 saturated carbocycles. The van der Waals surface area contributed by atoms with Gasteiger partial charge in [0.05, 0.1) is 16.7 Å². The number of nitrogens with one attached hydrogen (secondary N) is 1. The van der Waals surface area contributed by atoms with Gasteiger partial charge in [-0.1, -0.05) is 50.2 Å². The molecule has 138 valence electrons. The maximum absolute atomic E-state index is 10.8. The number of fused-ring (bicyclic) bond motifs is 1. The first-order valence-electron chi connectivity index (χ1n) is 9.31. The molecule has 0 aliphatic rings. The lowest BCUT2D eigenvalue weighted by Crippen LogP contribution is -1.98. The van der Waals surface area contributed by atoms with Crippen molar-refractivity contribution in [2.24, 2.45) is 5.92 Å². The van der Waals surface area contributed by atoms with Gasteiger partial charge in [-0.15, -0.1) is 0 Å². The van der Waals surface area contributed by atoms with Gasteiger partial charge in [0.15, 0.2) is 0 Å². The number of imidazole rings is 1. The average Bonchev–Trinajstić information content (AvgIpc) is 3.17. The molecule has 5 heteroatoms. The first-order chi connectivity index (χ1) is 13.0. The van der Waals surface area contributed by atoms with E-state index < -0.39 is 0 Å². The first kappa shape index (κ1) is 17.3. The number of hydrogen-bond acceptors (Lipinski definition) is 3. The van der Waals surface area contributed by atoms with Crippen molar-refractivity contribution in [2.75, 3.05) is 0 Å². The second-order valence-corrected chi connectivity index (χ2v) is 7.47. The molecule has 2 heterocycles. The van der Waals surface area contributed by atoms with E-state index in [4.69, 9.17) is 0 Å². The normalized spacial score (nSPS) is 11.6. The maximum Gasteiger partial charge on any atom is 0.232 e. The lowest BCUT2D eigenvalue weighted by atomic mass is 10.0. The van der Waals surface area contributed by atoms with E-state index in [1.54, 1.807) is 0 Å². The molecule has 4 aromatic rings. The van der Waals surface area contributed by atoms with E-state index in [1.165, 1.54) is 10.2 Å². The Labute approximate surface area is 158 Å². The van der Waals surface area contributed by atoms with Crippen LogP contribution in [0.25, 0.3) is 17.0 Å². The molecule has 2 aromatic heterocycles. The summed E-state index contributed by atoms with van der Waals surface area (Å²) in [7, 11) is 0. The van der Waals surface area contributed by atoms with Crippen LogP contribution in [-0.4, -0.2) is 24.9 Å². The summed E-state index contributed by atoms with van der Waals surface area (Å²) in [4.78, 5) is 7.93. The fourth-order valence-electron chi connectivity index (χ4n) is 3.44. The monoisotopic (exact) mass is 360 g/mol. The minimum atomic E-state index is 0.137. The van der Waals surface area contributed by atoms with Crippen LogP contribution in [0.15, 0.2) is 48.5 Å². The van der Waals surface area contributed by atoms with E-state index >= 15 is 0 Å². The highest BCUT2D eigenvalue weighted by Gasteiger charge is 2.18. The van der Waals surface area contributed by atoms with E-state index in [-0.39, 0.29) is 5.88 Å². The molecule has 0 unspecified atom stereocenters. The molecule has 0 aliphatic heterocycles. The minimum Gasteiger partial charge on any atom is -0.493 e. The molecule has 0 spiro atoms. The first-order valence-corrected chi connectivity index (χ1v) is 9.31. The Hall–Kier alpha value is -3.08. The van der Waals surface area contributed by atoms with Crippen molar-refractivity contribution in [1.29, 1.82) is 0 Å². The Kier molecular flexibility index (Phi) is 4.44. The summed E-state index contributed by atoms with van der Waals surface area (Å²) >= 11 is 0. The van der Waals surface area contributed by atoms with Gasteiger partial charge in [-0.3, -0.25) is 0 Å². The molecule has 5 nitrogen and oxygen atoms in total.